The summed E-state index contributed by atoms with van der Waals surface area (Å²) in [5.41, 5.74) is -7.64. The van der Waals surface area contributed by atoms with Gasteiger partial charge >= 0.3 is 18.0 Å². The van der Waals surface area contributed by atoms with Gasteiger partial charge in [0.1, 0.15) is 11.4 Å². The van der Waals surface area contributed by atoms with Crippen molar-refractivity contribution in [2.45, 2.75) is 53.0 Å². The van der Waals surface area contributed by atoms with Gasteiger partial charge in [0.25, 0.3) is 0 Å². The summed E-state index contributed by atoms with van der Waals surface area (Å²) in [6, 6.07) is 6.15. The van der Waals surface area contributed by atoms with Gasteiger partial charge in [0, 0.05) is 15.7 Å². The van der Waals surface area contributed by atoms with Crippen molar-refractivity contribution >= 4 is 38.3 Å². The van der Waals surface area contributed by atoms with E-state index in [1.807, 2.05) is 22.6 Å². The molecule has 0 spiro atoms. The number of sulfone groups is 1. The number of aliphatic hydroxyl groups excluding tert-OH is 1. The SMILES string of the molecule is O=C(CO)N1CC[C@@]2(S(=O)(=O)c3ccc(I)cc3)c3ccc(C(F)(C(F)(F)F)C(F)(F)F)cc3CC[C@@H]12. The number of fused-ring (bicyclic) bond motifs is 3. The zero-order valence-electron chi connectivity index (χ0n) is 18.7. The predicted octanol–water partition coefficient (Wildman–Crippen LogP) is 4.79. The Morgan fingerprint density at radius 1 is 1.03 bits per heavy atom. The van der Waals surface area contributed by atoms with E-state index in [1.165, 1.54) is 29.2 Å². The van der Waals surface area contributed by atoms with Crippen LogP contribution < -0.4 is 0 Å². The van der Waals surface area contributed by atoms with Crippen LogP contribution in [0.4, 0.5) is 30.7 Å². The van der Waals surface area contributed by atoms with Crippen LogP contribution in [-0.4, -0.2) is 55.9 Å². The smallest absolute Gasteiger partial charge is 0.387 e. The van der Waals surface area contributed by atoms with Gasteiger partial charge in [-0.1, -0.05) is 18.2 Å². The van der Waals surface area contributed by atoms with Crippen molar-refractivity contribution in [3.63, 3.8) is 0 Å². The molecule has 5 nitrogen and oxygen atoms in total. The minimum atomic E-state index is -6.32. The third-order valence-electron chi connectivity index (χ3n) is 7.12. The fourth-order valence-electron chi connectivity index (χ4n) is 5.44. The average Bonchev–Trinajstić information content (AvgIpc) is 3.23. The number of aryl methyl sites for hydroxylation is 1. The van der Waals surface area contributed by atoms with E-state index in [-0.39, 0.29) is 41.8 Å². The number of likely N-dealkylation sites (tertiary alicyclic amines) is 1. The van der Waals surface area contributed by atoms with Crippen LogP contribution in [0.2, 0.25) is 0 Å². The molecule has 2 aliphatic rings. The van der Waals surface area contributed by atoms with E-state index in [1.54, 1.807) is 0 Å². The first-order valence-electron chi connectivity index (χ1n) is 10.9. The normalized spacial score (nSPS) is 22.5. The minimum Gasteiger partial charge on any atom is -0.387 e. The average molecular weight is 665 g/mol. The van der Waals surface area contributed by atoms with Crippen LogP contribution in [-0.2, 0) is 31.5 Å². The van der Waals surface area contributed by atoms with Crippen LogP contribution >= 0.6 is 22.6 Å². The first kappa shape index (κ1) is 28.1. The number of carbonyl (C=O) groups is 1. The number of amides is 1. The Labute approximate surface area is 220 Å². The maximum atomic E-state index is 14.8. The molecule has 1 aliphatic heterocycles. The molecule has 1 N–H and O–H groups in total. The molecule has 2 atom stereocenters. The Morgan fingerprint density at radius 2 is 1.62 bits per heavy atom. The van der Waals surface area contributed by atoms with Gasteiger partial charge in [0.15, 0.2) is 9.84 Å². The first-order chi connectivity index (χ1) is 17.0. The molecule has 202 valence electrons. The summed E-state index contributed by atoms with van der Waals surface area (Å²) in [5.74, 6) is -0.762. The molecule has 0 unspecified atom stereocenters. The first-order valence-corrected chi connectivity index (χ1v) is 13.5. The van der Waals surface area contributed by atoms with E-state index in [2.05, 4.69) is 0 Å². The summed E-state index contributed by atoms with van der Waals surface area (Å²) in [4.78, 5) is 13.4. The third-order valence-corrected chi connectivity index (χ3v) is 10.4. The maximum absolute atomic E-state index is 14.8. The van der Waals surface area contributed by atoms with Gasteiger partial charge in [-0.3, -0.25) is 4.79 Å². The molecule has 0 aromatic heterocycles. The number of carbonyl (C=O) groups excluding carboxylic acids is 1. The summed E-state index contributed by atoms with van der Waals surface area (Å²) in [6.07, 6.45) is -13.2. The van der Waals surface area contributed by atoms with Crippen molar-refractivity contribution < 1.29 is 49.1 Å². The zero-order chi connectivity index (χ0) is 27.6. The van der Waals surface area contributed by atoms with Gasteiger partial charge < -0.3 is 10.0 Å². The number of aliphatic hydroxyl groups is 1. The van der Waals surface area contributed by atoms with Crippen molar-refractivity contribution in [3.05, 3.63) is 62.7 Å². The Bertz CT molecular complexity index is 1310. The Morgan fingerprint density at radius 3 is 2.16 bits per heavy atom. The molecule has 2 aromatic rings. The van der Waals surface area contributed by atoms with Crippen LogP contribution in [0.1, 0.15) is 29.5 Å². The van der Waals surface area contributed by atoms with Crippen LogP contribution in [0.3, 0.4) is 0 Å². The highest BCUT2D eigenvalue weighted by atomic mass is 127. The second-order valence-electron chi connectivity index (χ2n) is 8.92. The highest BCUT2D eigenvalue weighted by molar-refractivity contribution is 14.1. The number of hydrogen-bond acceptors (Lipinski definition) is 4. The molecule has 1 amide bonds. The van der Waals surface area contributed by atoms with Gasteiger partial charge in [-0.05, 0) is 77.2 Å². The van der Waals surface area contributed by atoms with Crippen LogP contribution in [0.5, 0.6) is 0 Å². The summed E-state index contributed by atoms with van der Waals surface area (Å²) >= 11 is 1.95. The standard InChI is InChI=1S/C23H19F7INO4S/c24-21(22(25,26)27,23(28,29)30)14-2-7-17-13(11-14)1-8-18-20(17,9-10-32(18)19(34)12-33)37(35,36)16-5-3-15(31)4-6-16/h2-7,11,18,33H,1,8-10,12H2/t18-,20-/m1/s1. The second-order valence-corrected chi connectivity index (χ2v) is 12.4. The van der Waals surface area contributed by atoms with Crippen molar-refractivity contribution in [2.24, 2.45) is 0 Å². The summed E-state index contributed by atoms with van der Waals surface area (Å²) in [6.45, 7) is -1.03. The number of hydrogen-bond donors (Lipinski definition) is 1. The number of alkyl halides is 7. The van der Waals surface area contributed by atoms with Crippen LogP contribution in [0.25, 0.3) is 0 Å². The van der Waals surface area contributed by atoms with Gasteiger partial charge in [0.2, 0.25) is 5.91 Å². The molecule has 0 radical (unpaired) electrons. The monoisotopic (exact) mass is 665 g/mol. The Hall–Kier alpha value is -1.94. The van der Waals surface area contributed by atoms with Crippen molar-refractivity contribution in [1.82, 2.24) is 4.90 Å². The Balaban J connectivity index is 1.96. The van der Waals surface area contributed by atoms with Crippen molar-refractivity contribution in [1.29, 1.82) is 0 Å². The van der Waals surface area contributed by atoms with E-state index in [0.717, 1.165) is 6.07 Å². The molecular weight excluding hydrogens is 646 g/mol. The Kier molecular flexibility index (Phi) is 6.88. The highest BCUT2D eigenvalue weighted by Crippen LogP contribution is 2.56. The van der Waals surface area contributed by atoms with Crippen LogP contribution in [0.15, 0.2) is 47.4 Å². The van der Waals surface area contributed by atoms with Gasteiger partial charge in [-0.25, -0.2) is 12.8 Å². The van der Waals surface area contributed by atoms with Gasteiger partial charge in [-0.15, -0.1) is 0 Å². The van der Waals surface area contributed by atoms with E-state index in [9.17, 15) is 49.1 Å². The molecule has 1 aliphatic carbocycles. The van der Waals surface area contributed by atoms with Gasteiger partial charge in [-0.2, -0.15) is 26.3 Å². The molecule has 0 bridgehead atoms. The summed E-state index contributed by atoms with van der Waals surface area (Å²) in [7, 11) is -4.39. The lowest BCUT2D eigenvalue weighted by Crippen LogP contribution is -2.53. The molecule has 37 heavy (non-hydrogen) atoms. The summed E-state index contributed by atoms with van der Waals surface area (Å²) < 4.78 is 122. The van der Waals surface area contributed by atoms with Crippen LogP contribution in [0, 0.1) is 3.57 Å². The molecule has 1 heterocycles. The van der Waals surface area contributed by atoms with E-state index >= 15 is 0 Å². The lowest BCUT2D eigenvalue weighted by Gasteiger charge is -2.43. The largest absolute Gasteiger partial charge is 0.435 e. The lowest BCUT2D eigenvalue weighted by atomic mass is 9.76. The minimum absolute atomic E-state index is 0.0917. The lowest BCUT2D eigenvalue weighted by molar-refractivity contribution is -0.348. The van der Waals surface area contributed by atoms with E-state index in [4.69, 9.17) is 0 Å². The van der Waals surface area contributed by atoms with E-state index in [0.29, 0.717) is 15.7 Å². The number of nitrogens with zero attached hydrogens (tertiary/aromatic N) is 1. The van der Waals surface area contributed by atoms with Crippen molar-refractivity contribution in [2.75, 3.05) is 13.2 Å². The quantitative estimate of drug-likeness (QED) is 0.377. The maximum Gasteiger partial charge on any atom is 0.435 e. The molecular formula is C23H19F7INO4S. The molecule has 1 fully saturated rings. The molecule has 0 saturated carbocycles. The fraction of sp³-hybridized carbons (Fsp3) is 0.435. The van der Waals surface area contributed by atoms with Gasteiger partial charge in [0.05, 0.1) is 10.9 Å². The molecule has 4 rings (SSSR count). The number of benzene rings is 2. The number of rotatable bonds is 4. The summed E-state index contributed by atoms with van der Waals surface area (Å²) in [5, 5.41) is 9.40. The van der Waals surface area contributed by atoms with Crippen molar-refractivity contribution in [3.8, 4) is 0 Å². The fourth-order valence-corrected chi connectivity index (χ4v) is 8.17. The molecule has 1 saturated heterocycles. The zero-order valence-corrected chi connectivity index (χ0v) is 21.7. The highest BCUT2D eigenvalue weighted by Gasteiger charge is 2.73. The number of halogens is 8. The second kappa shape index (κ2) is 9.07. The topological polar surface area (TPSA) is 74.7 Å². The predicted molar refractivity (Wildman–Crippen MR) is 125 cm³/mol. The molecule has 2 aromatic carbocycles. The third kappa shape index (κ3) is 4.04. The van der Waals surface area contributed by atoms with E-state index < -0.39 is 56.7 Å². The molecule has 14 heteroatoms.